The van der Waals surface area contributed by atoms with Crippen LogP contribution in [-0.2, 0) is 4.79 Å². The lowest BCUT2D eigenvalue weighted by molar-refractivity contribution is -0.111. The first kappa shape index (κ1) is 18.0. The molecule has 0 aromatic heterocycles. The van der Waals surface area contributed by atoms with E-state index in [-0.39, 0.29) is 5.91 Å². The van der Waals surface area contributed by atoms with Crippen LogP contribution in [0.2, 0.25) is 0 Å². The van der Waals surface area contributed by atoms with Crippen molar-refractivity contribution in [3.05, 3.63) is 61.6 Å². The van der Waals surface area contributed by atoms with E-state index in [0.29, 0.717) is 6.61 Å². The highest BCUT2D eigenvalue weighted by Gasteiger charge is 2.04. The molecule has 2 aromatic rings. The Kier molecular flexibility index (Phi) is 6.65. The summed E-state index contributed by atoms with van der Waals surface area (Å²) in [4.78, 5) is 12.1. The highest BCUT2D eigenvalue weighted by molar-refractivity contribution is 14.1. The van der Waals surface area contributed by atoms with E-state index in [4.69, 9.17) is 4.74 Å². The van der Waals surface area contributed by atoms with Crippen LogP contribution in [0.4, 0.5) is 5.69 Å². The van der Waals surface area contributed by atoms with Crippen molar-refractivity contribution in [3.8, 4) is 5.75 Å². The SMILES string of the molecule is CCOc1ccc(Br)cc1C=CC(=O)Nc1ccc(I)cc1C. The molecule has 0 saturated carbocycles. The van der Waals surface area contributed by atoms with E-state index in [0.717, 1.165) is 30.6 Å². The Hall–Kier alpha value is -1.34. The summed E-state index contributed by atoms with van der Waals surface area (Å²) in [7, 11) is 0. The van der Waals surface area contributed by atoms with Gasteiger partial charge in [-0.1, -0.05) is 15.9 Å². The lowest BCUT2D eigenvalue weighted by atomic mass is 10.1. The number of rotatable bonds is 5. The van der Waals surface area contributed by atoms with Crippen molar-refractivity contribution < 1.29 is 9.53 Å². The first-order valence-corrected chi connectivity index (χ1v) is 9.04. The van der Waals surface area contributed by atoms with E-state index in [2.05, 4.69) is 43.8 Å². The third kappa shape index (κ3) is 5.35. The van der Waals surface area contributed by atoms with Crippen molar-refractivity contribution in [1.82, 2.24) is 0 Å². The molecular weight excluding hydrogens is 469 g/mol. The molecule has 3 nitrogen and oxygen atoms in total. The van der Waals surface area contributed by atoms with Crippen molar-refractivity contribution in [2.45, 2.75) is 13.8 Å². The number of hydrogen-bond donors (Lipinski definition) is 1. The van der Waals surface area contributed by atoms with Crippen LogP contribution < -0.4 is 10.1 Å². The van der Waals surface area contributed by atoms with Gasteiger partial charge in [0.15, 0.2) is 0 Å². The van der Waals surface area contributed by atoms with Crippen LogP contribution in [0.3, 0.4) is 0 Å². The largest absolute Gasteiger partial charge is 0.493 e. The molecule has 0 aliphatic rings. The van der Waals surface area contributed by atoms with Crippen molar-refractivity contribution in [3.63, 3.8) is 0 Å². The van der Waals surface area contributed by atoms with Gasteiger partial charge in [-0.05, 0) is 84.5 Å². The fraction of sp³-hybridized carbons (Fsp3) is 0.167. The van der Waals surface area contributed by atoms with Crippen molar-refractivity contribution >= 4 is 56.2 Å². The minimum absolute atomic E-state index is 0.170. The molecule has 0 bridgehead atoms. The van der Waals surface area contributed by atoms with Crippen LogP contribution in [0.15, 0.2) is 46.9 Å². The van der Waals surface area contributed by atoms with Crippen LogP contribution >= 0.6 is 38.5 Å². The summed E-state index contributed by atoms with van der Waals surface area (Å²) in [6.07, 6.45) is 3.27. The summed E-state index contributed by atoms with van der Waals surface area (Å²) in [5, 5.41) is 2.89. The predicted octanol–water partition coefficient (Wildman–Crippen LogP) is 5.41. The molecule has 0 heterocycles. The Morgan fingerprint density at radius 1 is 1.30 bits per heavy atom. The summed E-state index contributed by atoms with van der Waals surface area (Å²) >= 11 is 5.68. The second-order valence-corrected chi connectivity index (χ2v) is 7.06. The van der Waals surface area contributed by atoms with Gasteiger partial charge in [0.05, 0.1) is 6.61 Å². The topological polar surface area (TPSA) is 38.3 Å². The number of halogens is 2. The van der Waals surface area contributed by atoms with E-state index in [1.807, 2.05) is 50.2 Å². The zero-order valence-electron chi connectivity index (χ0n) is 12.9. The minimum Gasteiger partial charge on any atom is -0.493 e. The molecule has 120 valence electrons. The fourth-order valence-electron chi connectivity index (χ4n) is 2.04. The fourth-order valence-corrected chi connectivity index (χ4v) is 3.07. The lowest BCUT2D eigenvalue weighted by Crippen LogP contribution is -2.09. The van der Waals surface area contributed by atoms with Gasteiger partial charge in [-0.25, -0.2) is 0 Å². The second-order valence-electron chi connectivity index (χ2n) is 4.90. The van der Waals surface area contributed by atoms with Crippen LogP contribution in [0.1, 0.15) is 18.1 Å². The highest BCUT2D eigenvalue weighted by Crippen LogP contribution is 2.24. The van der Waals surface area contributed by atoms with Crippen LogP contribution in [0.5, 0.6) is 5.75 Å². The third-order valence-electron chi connectivity index (χ3n) is 3.13. The Morgan fingerprint density at radius 2 is 2.09 bits per heavy atom. The number of nitrogens with one attached hydrogen (secondary N) is 1. The third-order valence-corrected chi connectivity index (χ3v) is 4.30. The smallest absolute Gasteiger partial charge is 0.248 e. The van der Waals surface area contributed by atoms with Crippen molar-refractivity contribution in [1.29, 1.82) is 0 Å². The summed E-state index contributed by atoms with van der Waals surface area (Å²) < 4.78 is 7.65. The summed E-state index contributed by atoms with van der Waals surface area (Å²) in [5.74, 6) is 0.585. The van der Waals surface area contributed by atoms with Crippen LogP contribution in [-0.4, -0.2) is 12.5 Å². The first-order valence-electron chi connectivity index (χ1n) is 7.17. The number of benzene rings is 2. The Balaban J connectivity index is 2.13. The zero-order chi connectivity index (χ0) is 16.8. The lowest BCUT2D eigenvalue weighted by Gasteiger charge is -2.08. The monoisotopic (exact) mass is 485 g/mol. The number of ether oxygens (including phenoxy) is 1. The van der Waals surface area contributed by atoms with Gasteiger partial charge in [0.2, 0.25) is 5.91 Å². The molecule has 1 amide bonds. The van der Waals surface area contributed by atoms with Gasteiger partial charge in [-0.15, -0.1) is 0 Å². The summed E-state index contributed by atoms with van der Waals surface area (Å²) in [6.45, 7) is 4.49. The van der Waals surface area contributed by atoms with Crippen LogP contribution in [0, 0.1) is 10.5 Å². The molecule has 5 heteroatoms. The molecule has 0 aliphatic heterocycles. The maximum atomic E-state index is 12.1. The molecule has 0 aliphatic carbocycles. The van der Waals surface area contributed by atoms with Gasteiger partial charge in [0.25, 0.3) is 0 Å². The number of carbonyl (C=O) groups is 1. The first-order chi connectivity index (χ1) is 11.0. The van der Waals surface area contributed by atoms with E-state index in [9.17, 15) is 4.79 Å². The second kappa shape index (κ2) is 8.49. The number of aryl methyl sites for hydroxylation is 1. The van der Waals surface area contributed by atoms with Crippen LogP contribution in [0.25, 0.3) is 6.08 Å². The number of carbonyl (C=O) groups excluding carboxylic acids is 1. The minimum atomic E-state index is -0.170. The average molecular weight is 486 g/mol. The maximum Gasteiger partial charge on any atom is 0.248 e. The standard InChI is InChI=1S/C18H17BrINO2/c1-3-23-17-8-5-14(19)11-13(17)4-9-18(22)21-16-7-6-15(20)10-12(16)2/h4-11H,3H2,1-2H3,(H,21,22). The number of amides is 1. The van der Waals surface area contributed by atoms with Crippen molar-refractivity contribution in [2.75, 3.05) is 11.9 Å². The Labute approximate surface area is 158 Å². The molecule has 0 spiro atoms. The van der Waals surface area contributed by atoms with Gasteiger partial charge in [-0.2, -0.15) is 0 Å². The quantitative estimate of drug-likeness (QED) is 0.454. The molecule has 0 unspecified atom stereocenters. The molecular formula is C18H17BrINO2. The van der Waals surface area contributed by atoms with E-state index < -0.39 is 0 Å². The molecule has 2 rings (SSSR count). The molecule has 0 radical (unpaired) electrons. The number of anilines is 1. The maximum absolute atomic E-state index is 12.1. The van der Waals surface area contributed by atoms with Gasteiger partial charge >= 0.3 is 0 Å². The van der Waals surface area contributed by atoms with Crippen molar-refractivity contribution in [2.24, 2.45) is 0 Å². The Morgan fingerprint density at radius 3 is 2.78 bits per heavy atom. The molecule has 2 aromatic carbocycles. The molecule has 23 heavy (non-hydrogen) atoms. The molecule has 0 atom stereocenters. The summed E-state index contributed by atoms with van der Waals surface area (Å²) in [5.41, 5.74) is 2.71. The molecule has 0 saturated heterocycles. The molecule has 1 N–H and O–H groups in total. The summed E-state index contributed by atoms with van der Waals surface area (Å²) in [6, 6.07) is 11.6. The zero-order valence-corrected chi connectivity index (χ0v) is 16.6. The van der Waals surface area contributed by atoms with E-state index >= 15 is 0 Å². The van der Waals surface area contributed by atoms with Gasteiger partial charge in [0.1, 0.15) is 5.75 Å². The predicted molar refractivity (Wildman–Crippen MR) is 107 cm³/mol. The van der Waals surface area contributed by atoms with Gasteiger partial charge in [0, 0.05) is 25.4 Å². The van der Waals surface area contributed by atoms with E-state index in [1.54, 1.807) is 6.08 Å². The van der Waals surface area contributed by atoms with E-state index in [1.165, 1.54) is 6.08 Å². The highest BCUT2D eigenvalue weighted by atomic mass is 127. The molecule has 0 fully saturated rings. The van der Waals surface area contributed by atoms with Gasteiger partial charge < -0.3 is 10.1 Å². The number of hydrogen-bond acceptors (Lipinski definition) is 2. The van der Waals surface area contributed by atoms with Gasteiger partial charge in [-0.3, -0.25) is 4.79 Å². The average Bonchev–Trinajstić information content (AvgIpc) is 2.50. The normalized spacial score (nSPS) is 10.8. The Bertz CT molecular complexity index is 744.